The first-order valence-corrected chi connectivity index (χ1v) is 12.6. The van der Waals surface area contributed by atoms with Crippen molar-refractivity contribution in [2.75, 3.05) is 17.8 Å². The molecule has 0 saturated heterocycles. The Labute approximate surface area is 203 Å². The summed E-state index contributed by atoms with van der Waals surface area (Å²) in [5.74, 6) is -2.31. The number of nitrogens with two attached hydrogens (primary N) is 1. The lowest BCUT2D eigenvalue weighted by atomic mass is 10.0. The lowest BCUT2D eigenvalue weighted by Gasteiger charge is -2.25. The molecule has 4 atom stereocenters. The minimum Gasteiger partial charge on any atom is -0.480 e. The molecular formula is C20H34N6O5S2. The summed E-state index contributed by atoms with van der Waals surface area (Å²) in [5, 5.41) is 16.9. The molecule has 0 aliphatic rings. The average molecular weight is 503 g/mol. The van der Waals surface area contributed by atoms with E-state index in [0.29, 0.717) is 17.9 Å². The Bertz CT molecular complexity index is 777. The van der Waals surface area contributed by atoms with Crippen LogP contribution >= 0.6 is 24.4 Å². The number of imidazole rings is 1. The van der Waals surface area contributed by atoms with Crippen molar-refractivity contribution in [2.24, 2.45) is 11.7 Å². The van der Waals surface area contributed by atoms with Crippen LogP contribution in [-0.2, 0) is 25.6 Å². The van der Waals surface area contributed by atoms with E-state index in [4.69, 9.17) is 5.73 Å². The minimum atomic E-state index is -1.23. The maximum atomic E-state index is 13.1. The highest BCUT2D eigenvalue weighted by Crippen LogP contribution is 2.08. The number of nitrogens with zero attached hydrogens (tertiary/aromatic N) is 1. The number of carbonyl (C=O) groups excluding carboxylic acids is 3. The van der Waals surface area contributed by atoms with Crippen LogP contribution in [0.15, 0.2) is 12.5 Å². The number of thioether (sulfide) groups is 1. The van der Waals surface area contributed by atoms with E-state index >= 15 is 0 Å². The summed E-state index contributed by atoms with van der Waals surface area (Å²) in [7, 11) is 0. The van der Waals surface area contributed by atoms with Gasteiger partial charge in [-0.15, -0.1) is 0 Å². The second-order valence-electron chi connectivity index (χ2n) is 8.00. The number of thiol groups is 1. The van der Waals surface area contributed by atoms with E-state index in [-0.39, 0.29) is 24.5 Å². The first-order valence-electron chi connectivity index (χ1n) is 10.6. The van der Waals surface area contributed by atoms with Crippen molar-refractivity contribution in [3.63, 3.8) is 0 Å². The van der Waals surface area contributed by atoms with Gasteiger partial charge in [0.2, 0.25) is 17.7 Å². The molecule has 11 nitrogen and oxygen atoms in total. The zero-order valence-electron chi connectivity index (χ0n) is 19.0. The zero-order valence-corrected chi connectivity index (χ0v) is 20.7. The maximum Gasteiger partial charge on any atom is 0.327 e. The average Bonchev–Trinajstić information content (AvgIpc) is 3.27. The molecule has 4 unspecified atom stereocenters. The van der Waals surface area contributed by atoms with E-state index in [2.05, 4.69) is 38.5 Å². The minimum absolute atomic E-state index is 0.0287. The molecule has 1 rings (SSSR count). The van der Waals surface area contributed by atoms with Crippen molar-refractivity contribution in [1.29, 1.82) is 0 Å². The molecule has 0 bridgehead atoms. The third-order valence-corrected chi connectivity index (χ3v) is 5.73. The van der Waals surface area contributed by atoms with Gasteiger partial charge in [-0.25, -0.2) is 9.78 Å². The van der Waals surface area contributed by atoms with Gasteiger partial charge in [0.15, 0.2) is 0 Å². The first kappa shape index (κ1) is 28.8. The highest BCUT2D eigenvalue weighted by Gasteiger charge is 2.30. The predicted octanol–water partition coefficient (Wildman–Crippen LogP) is -0.452. The van der Waals surface area contributed by atoms with Crippen LogP contribution in [0.2, 0.25) is 0 Å². The van der Waals surface area contributed by atoms with E-state index in [1.807, 2.05) is 20.1 Å². The van der Waals surface area contributed by atoms with Gasteiger partial charge in [0.25, 0.3) is 0 Å². The van der Waals surface area contributed by atoms with Crippen molar-refractivity contribution >= 4 is 48.1 Å². The summed E-state index contributed by atoms with van der Waals surface area (Å²) in [6, 6.07) is -3.98. The van der Waals surface area contributed by atoms with Gasteiger partial charge in [-0.05, 0) is 30.8 Å². The fourth-order valence-electron chi connectivity index (χ4n) is 2.91. The number of carboxylic acids is 1. The summed E-state index contributed by atoms with van der Waals surface area (Å²) >= 11 is 5.51. The summed E-state index contributed by atoms with van der Waals surface area (Å²) in [6.07, 6.45) is 5.72. The number of aromatic nitrogens is 2. The fraction of sp³-hybridized carbons (Fsp3) is 0.650. The number of rotatable bonds is 15. The topological polar surface area (TPSA) is 179 Å². The molecule has 0 saturated carbocycles. The summed E-state index contributed by atoms with van der Waals surface area (Å²) < 4.78 is 0. The summed E-state index contributed by atoms with van der Waals surface area (Å²) in [5.41, 5.74) is 6.54. The van der Waals surface area contributed by atoms with Crippen LogP contribution in [0.1, 0.15) is 32.4 Å². The first-order chi connectivity index (χ1) is 15.6. The number of hydrogen-bond acceptors (Lipinski definition) is 8. The van der Waals surface area contributed by atoms with Crippen LogP contribution in [0.25, 0.3) is 0 Å². The van der Waals surface area contributed by atoms with Crippen LogP contribution in [0.5, 0.6) is 0 Å². The van der Waals surface area contributed by atoms with Crippen molar-refractivity contribution < 1.29 is 24.3 Å². The van der Waals surface area contributed by atoms with E-state index in [9.17, 15) is 24.3 Å². The molecule has 0 aromatic carbocycles. The van der Waals surface area contributed by atoms with Gasteiger partial charge in [-0.1, -0.05) is 13.8 Å². The quantitative estimate of drug-likeness (QED) is 0.158. The number of amides is 3. The van der Waals surface area contributed by atoms with Crippen molar-refractivity contribution in [2.45, 2.75) is 57.3 Å². The number of H-pyrrole nitrogens is 1. The van der Waals surface area contributed by atoms with E-state index in [1.54, 1.807) is 11.8 Å². The van der Waals surface area contributed by atoms with Crippen LogP contribution in [0.4, 0.5) is 0 Å². The number of aromatic amines is 1. The number of nitrogens with one attached hydrogen (secondary N) is 4. The molecule has 7 N–H and O–H groups in total. The van der Waals surface area contributed by atoms with Gasteiger partial charge >= 0.3 is 5.97 Å². The zero-order chi connectivity index (χ0) is 25.0. The van der Waals surface area contributed by atoms with Crippen molar-refractivity contribution in [3.8, 4) is 0 Å². The largest absolute Gasteiger partial charge is 0.480 e. The second-order valence-corrected chi connectivity index (χ2v) is 9.35. The molecule has 0 aliphatic heterocycles. The molecule has 3 amide bonds. The maximum absolute atomic E-state index is 13.1. The Balaban J connectivity index is 2.99. The van der Waals surface area contributed by atoms with E-state index in [1.165, 1.54) is 12.5 Å². The molecule has 0 fully saturated rings. The van der Waals surface area contributed by atoms with Gasteiger partial charge in [0.1, 0.15) is 18.1 Å². The molecule has 0 aliphatic carbocycles. The highest BCUT2D eigenvalue weighted by molar-refractivity contribution is 7.98. The normalized spacial score (nSPS) is 14.7. The number of carbonyl (C=O) groups is 4. The lowest BCUT2D eigenvalue weighted by molar-refractivity contribution is -0.141. The molecule has 0 spiro atoms. The Kier molecular flexibility index (Phi) is 12.9. The van der Waals surface area contributed by atoms with E-state index in [0.717, 1.165) is 0 Å². The Morgan fingerprint density at radius 3 is 2.24 bits per heavy atom. The molecule has 1 aromatic heterocycles. The van der Waals surface area contributed by atoms with Gasteiger partial charge in [0.05, 0.1) is 12.4 Å². The second kappa shape index (κ2) is 14.8. The van der Waals surface area contributed by atoms with Crippen molar-refractivity contribution in [1.82, 2.24) is 25.9 Å². The lowest BCUT2D eigenvalue weighted by Crippen LogP contribution is -2.58. The molecule has 186 valence electrons. The Hall–Kier alpha value is -2.25. The molecular weight excluding hydrogens is 468 g/mol. The van der Waals surface area contributed by atoms with Gasteiger partial charge in [-0.2, -0.15) is 24.4 Å². The fourth-order valence-corrected chi connectivity index (χ4v) is 3.65. The molecule has 1 aromatic rings. The predicted molar refractivity (Wildman–Crippen MR) is 130 cm³/mol. The Morgan fingerprint density at radius 2 is 1.73 bits per heavy atom. The van der Waals surface area contributed by atoms with Crippen LogP contribution in [0.3, 0.4) is 0 Å². The number of aliphatic carboxylic acids is 1. The summed E-state index contributed by atoms with van der Waals surface area (Å²) in [4.78, 5) is 56.4. The molecule has 1 heterocycles. The third kappa shape index (κ3) is 10.5. The molecule has 0 radical (unpaired) electrons. The van der Waals surface area contributed by atoms with Crippen LogP contribution in [0, 0.1) is 5.92 Å². The van der Waals surface area contributed by atoms with Crippen LogP contribution < -0.4 is 21.7 Å². The van der Waals surface area contributed by atoms with Crippen LogP contribution in [-0.4, -0.2) is 80.7 Å². The highest BCUT2D eigenvalue weighted by atomic mass is 32.2. The number of carboxylic acid groups (broad SMARTS) is 1. The van der Waals surface area contributed by atoms with Gasteiger partial charge in [0, 0.05) is 24.1 Å². The van der Waals surface area contributed by atoms with Crippen molar-refractivity contribution in [3.05, 3.63) is 18.2 Å². The standard InChI is InChI=1S/C20H34N6O5S2/c1-11(2)6-14(18(28)26-16(9-32)20(30)31)25-19(29)15(7-12-8-22-10-23-12)24-17(27)13(21)4-5-33-3/h8,10-11,13-16,32H,4-7,9,21H2,1-3H3,(H,22,23)(H,24,27)(H,25,29)(H,26,28)(H,30,31). The smallest absolute Gasteiger partial charge is 0.327 e. The molecule has 33 heavy (non-hydrogen) atoms. The van der Waals surface area contributed by atoms with Gasteiger partial charge in [-0.3, -0.25) is 14.4 Å². The van der Waals surface area contributed by atoms with Gasteiger partial charge < -0.3 is 31.8 Å². The third-order valence-electron chi connectivity index (χ3n) is 4.72. The summed E-state index contributed by atoms with van der Waals surface area (Å²) in [6.45, 7) is 3.74. The molecule has 13 heteroatoms. The monoisotopic (exact) mass is 502 g/mol. The van der Waals surface area contributed by atoms with E-state index < -0.39 is 47.9 Å². The SMILES string of the molecule is CSCCC(N)C(=O)NC(Cc1cnc[nH]1)C(=O)NC(CC(C)C)C(=O)NC(CS)C(=O)O. The number of hydrogen-bond donors (Lipinski definition) is 7. The Morgan fingerprint density at radius 1 is 1.12 bits per heavy atom.